The molecular formula is C10H11ClN4O. The van der Waals surface area contributed by atoms with E-state index < -0.39 is 0 Å². The lowest BCUT2D eigenvalue weighted by Crippen LogP contribution is -2.23. The van der Waals surface area contributed by atoms with Gasteiger partial charge in [0, 0.05) is 19.3 Å². The van der Waals surface area contributed by atoms with Gasteiger partial charge in [-0.05, 0) is 13.0 Å². The zero-order chi connectivity index (χ0) is 11.7. The van der Waals surface area contributed by atoms with Crippen LogP contribution in [0.3, 0.4) is 0 Å². The van der Waals surface area contributed by atoms with Crippen LogP contribution in [0.5, 0.6) is 0 Å². The molecule has 0 N–H and O–H groups in total. The monoisotopic (exact) mass is 238 g/mol. The molecule has 0 fully saturated rings. The smallest absolute Gasteiger partial charge is 0.255 e. The van der Waals surface area contributed by atoms with E-state index in [1.165, 1.54) is 10.6 Å². The van der Waals surface area contributed by atoms with Crippen molar-refractivity contribution in [3.05, 3.63) is 45.4 Å². The molecule has 0 bridgehead atoms. The SMILES string of the molecule is Cc1nc(Cl)cc(=O)n1Cc1ccn(C)n1. The summed E-state index contributed by atoms with van der Waals surface area (Å²) in [6.07, 6.45) is 1.83. The van der Waals surface area contributed by atoms with Gasteiger partial charge in [0.05, 0.1) is 12.2 Å². The Bertz CT molecular complexity index is 572. The Morgan fingerprint density at radius 1 is 1.50 bits per heavy atom. The fourth-order valence-electron chi connectivity index (χ4n) is 1.49. The molecule has 16 heavy (non-hydrogen) atoms. The number of aryl methyl sites for hydroxylation is 2. The highest BCUT2D eigenvalue weighted by Crippen LogP contribution is 2.03. The van der Waals surface area contributed by atoms with Gasteiger partial charge in [0.15, 0.2) is 0 Å². The number of nitrogens with zero attached hydrogens (tertiary/aromatic N) is 4. The molecule has 2 aromatic heterocycles. The van der Waals surface area contributed by atoms with Crippen molar-refractivity contribution >= 4 is 11.6 Å². The second kappa shape index (κ2) is 4.09. The summed E-state index contributed by atoms with van der Waals surface area (Å²) < 4.78 is 3.23. The van der Waals surface area contributed by atoms with E-state index in [4.69, 9.17) is 11.6 Å². The number of rotatable bonds is 2. The summed E-state index contributed by atoms with van der Waals surface area (Å²) in [6.45, 7) is 2.16. The molecule has 6 heteroatoms. The van der Waals surface area contributed by atoms with Gasteiger partial charge < -0.3 is 0 Å². The summed E-state index contributed by atoms with van der Waals surface area (Å²) in [5.41, 5.74) is 0.653. The maximum Gasteiger partial charge on any atom is 0.255 e. The van der Waals surface area contributed by atoms with Crippen LogP contribution in [-0.4, -0.2) is 19.3 Å². The summed E-state index contributed by atoms with van der Waals surface area (Å²) >= 11 is 5.69. The molecule has 2 aromatic rings. The zero-order valence-corrected chi connectivity index (χ0v) is 9.77. The lowest BCUT2D eigenvalue weighted by atomic mass is 10.4. The van der Waals surface area contributed by atoms with Crippen LogP contribution >= 0.6 is 11.6 Å². The maximum atomic E-state index is 11.7. The standard InChI is InChI=1S/C10H11ClN4O/c1-7-12-9(11)5-10(16)15(7)6-8-3-4-14(2)13-8/h3-5H,6H2,1-2H3. The summed E-state index contributed by atoms with van der Waals surface area (Å²) in [5, 5.41) is 4.43. The van der Waals surface area contributed by atoms with Gasteiger partial charge >= 0.3 is 0 Å². The van der Waals surface area contributed by atoms with Crippen LogP contribution in [0.1, 0.15) is 11.5 Å². The maximum absolute atomic E-state index is 11.7. The highest BCUT2D eigenvalue weighted by atomic mass is 35.5. The molecule has 0 saturated heterocycles. The first-order chi connectivity index (χ1) is 7.56. The van der Waals surface area contributed by atoms with Gasteiger partial charge in [-0.3, -0.25) is 14.0 Å². The van der Waals surface area contributed by atoms with Crippen LogP contribution in [0.15, 0.2) is 23.1 Å². The number of halogens is 1. The van der Waals surface area contributed by atoms with Gasteiger partial charge in [-0.25, -0.2) is 4.98 Å². The normalized spacial score (nSPS) is 10.7. The molecule has 0 aliphatic carbocycles. The molecule has 0 unspecified atom stereocenters. The quantitative estimate of drug-likeness (QED) is 0.733. The van der Waals surface area contributed by atoms with Gasteiger partial charge in [0.2, 0.25) is 0 Å². The Hall–Kier alpha value is -1.62. The topological polar surface area (TPSA) is 52.7 Å². The summed E-state index contributed by atoms with van der Waals surface area (Å²) in [6, 6.07) is 3.16. The Balaban J connectivity index is 2.38. The highest BCUT2D eigenvalue weighted by Gasteiger charge is 2.06. The highest BCUT2D eigenvalue weighted by molar-refractivity contribution is 6.29. The van der Waals surface area contributed by atoms with Crippen molar-refractivity contribution in [1.82, 2.24) is 19.3 Å². The second-order valence-electron chi connectivity index (χ2n) is 3.53. The summed E-state index contributed by atoms with van der Waals surface area (Å²) in [4.78, 5) is 15.7. The van der Waals surface area contributed by atoms with Crippen LogP contribution < -0.4 is 5.56 Å². The van der Waals surface area contributed by atoms with Crippen molar-refractivity contribution < 1.29 is 0 Å². The van der Waals surface area contributed by atoms with Crippen molar-refractivity contribution in [3.8, 4) is 0 Å². The van der Waals surface area contributed by atoms with Gasteiger partial charge in [-0.2, -0.15) is 5.10 Å². The van der Waals surface area contributed by atoms with Crippen molar-refractivity contribution in [3.63, 3.8) is 0 Å². The summed E-state index contributed by atoms with van der Waals surface area (Å²) in [7, 11) is 1.83. The molecule has 5 nitrogen and oxygen atoms in total. The molecule has 0 aliphatic rings. The van der Waals surface area contributed by atoms with E-state index in [0.29, 0.717) is 12.4 Å². The van der Waals surface area contributed by atoms with E-state index in [2.05, 4.69) is 10.1 Å². The predicted molar refractivity (Wildman–Crippen MR) is 60.6 cm³/mol. The minimum atomic E-state index is -0.164. The molecule has 0 amide bonds. The molecule has 0 aliphatic heterocycles. The van der Waals surface area contributed by atoms with Crippen molar-refractivity contribution in [2.45, 2.75) is 13.5 Å². The molecule has 0 atom stereocenters. The minimum Gasteiger partial charge on any atom is -0.291 e. The van der Waals surface area contributed by atoms with Gasteiger partial charge in [-0.15, -0.1) is 0 Å². The zero-order valence-electron chi connectivity index (χ0n) is 9.01. The van der Waals surface area contributed by atoms with Gasteiger partial charge in [0.25, 0.3) is 5.56 Å². The average molecular weight is 239 g/mol. The minimum absolute atomic E-state index is 0.164. The fourth-order valence-corrected chi connectivity index (χ4v) is 1.70. The Kier molecular flexibility index (Phi) is 2.78. The first-order valence-electron chi connectivity index (χ1n) is 4.79. The van der Waals surface area contributed by atoms with Crippen molar-refractivity contribution in [2.24, 2.45) is 7.05 Å². The molecule has 0 aromatic carbocycles. The van der Waals surface area contributed by atoms with E-state index in [9.17, 15) is 4.79 Å². The predicted octanol–water partition coefficient (Wildman–Crippen LogP) is 0.987. The lowest BCUT2D eigenvalue weighted by Gasteiger charge is -2.06. The molecule has 0 spiro atoms. The van der Waals surface area contributed by atoms with Crippen LogP contribution in [-0.2, 0) is 13.6 Å². The molecule has 0 saturated carbocycles. The first kappa shape index (κ1) is 10.9. The van der Waals surface area contributed by atoms with E-state index in [0.717, 1.165) is 5.69 Å². The molecule has 2 heterocycles. The molecule has 84 valence electrons. The Labute approximate surface area is 97.3 Å². The van der Waals surface area contributed by atoms with E-state index in [-0.39, 0.29) is 10.7 Å². The van der Waals surface area contributed by atoms with Gasteiger partial charge in [-0.1, -0.05) is 11.6 Å². The van der Waals surface area contributed by atoms with Crippen LogP contribution in [0.4, 0.5) is 0 Å². The van der Waals surface area contributed by atoms with Crippen molar-refractivity contribution in [1.29, 1.82) is 0 Å². The number of hydrogen-bond donors (Lipinski definition) is 0. The molecule has 2 rings (SSSR count). The van der Waals surface area contributed by atoms with E-state index >= 15 is 0 Å². The number of aromatic nitrogens is 4. The Morgan fingerprint density at radius 3 is 2.81 bits per heavy atom. The summed E-state index contributed by atoms with van der Waals surface area (Å²) in [5.74, 6) is 0.586. The van der Waals surface area contributed by atoms with Crippen LogP contribution in [0.2, 0.25) is 5.15 Å². The Morgan fingerprint density at radius 2 is 2.25 bits per heavy atom. The average Bonchev–Trinajstić information content (AvgIpc) is 2.58. The number of hydrogen-bond acceptors (Lipinski definition) is 3. The third kappa shape index (κ3) is 2.14. The first-order valence-corrected chi connectivity index (χ1v) is 5.16. The van der Waals surface area contributed by atoms with Gasteiger partial charge in [0.1, 0.15) is 11.0 Å². The third-order valence-electron chi connectivity index (χ3n) is 2.26. The molecule has 0 radical (unpaired) electrons. The van der Waals surface area contributed by atoms with E-state index in [1.54, 1.807) is 11.6 Å². The second-order valence-corrected chi connectivity index (χ2v) is 3.92. The van der Waals surface area contributed by atoms with Crippen LogP contribution in [0.25, 0.3) is 0 Å². The van der Waals surface area contributed by atoms with Crippen LogP contribution in [0, 0.1) is 6.92 Å². The third-order valence-corrected chi connectivity index (χ3v) is 2.45. The molecular weight excluding hydrogens is 228 g/mol. The fraction of sp³-hybridized carbons (Fsp3) is 0.300. The lowest BCUT2D eigenvalue weighted by molar-refractivity contribution is 0.661. The van der Waals surface area contributed by atoms with Crippen molar-refractivity contribution in [2.75, 3.05) is 0 Å². The van der Waals surface area contributed by atoms with E-state index in [1.807, 2.05) is 19.3 Å². The largest absolute Gasteiger partial charge is 0.291 e.